The summed E-state index contributed by atoms with van der Waals surface area (Å²) in [5.74, 6) is -2.53. The highest BCUT2D eigenvalue weighted by Gasteiger charge is 2.41. The first-order chi connectivity index (χ1) is 15.4. The van der Waals surface area contributed by atoms with E-state index < -0.39 is 53.0 Å². The Morgan fingerprint density at radius 2 is 1.82 bits per heavy atom. The molecule has 1 N–H and O–H groups in total. The normalized spacial score (nSPS) is 19.6. The van der Waals surface area contributed by atoms with Crippen molar-refractivity contribution in [3.63, 3.8) is 0 Å². The number of carbonyl (C=O) groups excluding carboxylic acids is 1. The van der Waals surface area contributed by atoms with Gasteiger partial charge in [0, 0.05) is 18.2 Å². The molecule has 5 nitrogen and oxygen atoms in total. The minimum absolute atomic E-state index is 0.108. The maximum Gasteiger partial charge on any atom is 0.418 e. The zero-order chi connectivity index (χ0) is 24.4. The van der Waals surface area contributed by atoms with Crippen LogP contribution in [0.5, 0.6) is 5.88 Å². The molecule has 33 heavy (non-hydrogen) atoms. The van der Waals surface area contributed by atoms with Crippen LogP contribution in [-0.2, 0) is 6.18 Å². The van der Waals surface area contributed by atoms with Gasteiger partial charge in [-0.1, -0.05) is 31.2 Å². The lowest BCUT2D eigenvalue weighted by Crippen LogP contribution is -2.38. The van der Waals surface area contributed by atoms with Crippen LogP contribution < -0.4 is 10.1 Å². The zero-order valence-corrected chi connectivity index (χ0v) is 17.4. The van der Waals surface area contributed by atoms with Crippen LogP contribution >= 0.6 is 0 Å². The number of nitrogens with one attached hydrogen (secondary N) is 1. The van der Waals surface area contributed by atoms with E-state index >= 15 is 0 Å². The second kappa shape index (κ2) is 9.24. The molecule has 0 aromatic carbocycles. The Kier molecular flexibility index (Phi) is 6.80. The predicted octanol–water partition coefficient (Wildman–Crippen LogP) is 5.29. The van der Waals surface area contributed by atoms with Crippen molar-refractivity contribution in [3.05, 3.63) is 77.3 Å². The van der Waals surface area contributed by atoms with E-state index in [1.807, 2.05) is 0 Å². The van der Waals surface area contributed by atoms with Crippen molar-refractivity contribution in [2.24, 2.45) is 11.8 Å². The number of ether oxygens (including phenoxy) is 1. The van der Waals surface area contributed by atoms with Crippen LogP contribution in [0, 0.1) is 11.8 Å². The van der Waals surface area contributed by atoms with Gasteiger partial charge < -0.3 is 10.1 Å². The van der Waals surface area contributed by atoms with Gasteiger partial charge >= 0.3 is 12.4 Å². The first kappa shape index (κ1) is 24.3. The molecular formula is C22H19F6N3O2. The number of rotatable bonds is 5. The van der Waals surface area contributed by atoms with Crippen molar-refractivity contribution in [2.45, 2.75) is 25.3 Å². The Balaban J connectivity index is 2.04. The number of allylic oxidation sites excluding steroid dienone is 3. The van der Waals surface area contributed by atoms with Crippen molar-refractivity contribution in [1.29, 1.82) is 0 Å². The van der Waals surface area contributed by atoms with Gasteiger partial charge in [0.05, 0.1) is 30.0 Å². The fraction of sp³-hybridized carbons (Fsp3) is 0.318. The van der Waals surface area contributed by atoms with E-state index in [9.17, 15) is 31.1 Å². The molecule has 0 saturated carbocycles. The van der Waals surface area contributed by atoms with Gasteiger partial charge in [-0.15, -0.1) is 0 Å². The van der Waals surface area contributed by atoms with E-state index in [0.29, 0.717) is 0 Å². The molecule has 2 aromatic heterocycles. The van der Waals surface area contributed by atoms with Crippen LogP contribution in [0.2, 0.25) is 0 Å². The van der Waals surface area contributed by atoms with E-state index in [4.69, 9.17) is 4.74 Å². The molecule has 3 rings (SSSR count). The van der Waals surface area contributed by atoms with Crippen molar-refractivity contribution in [3.8, 4) is 5.88 Å². The van der Waals surface area contributed by atoms with Gasteiger partial charge in [0.25, 0.3) is 5.91 Å². The number of methoxy groups -OCH3 is 1. The summed E-state index contributed by atoms with van der Waals surface area (Å²) in [7, 11) is 1.33. The molecule has 0 aliphatic heterocycles. The molecule has 1 aliphatic carbocycles. The van der Waals surface area contributed by atoms with Crippen LogP contribution in [-0.4, -0.2) is 29.2 Å². The minimum Gasteiger partial charge on any atom is -0.481 e. The highest BCUT2D eigenvalue weighted by Crippen LogP contribution is 2.41. The molecule has 2 aromatic rings. The van der Waals surface area contributed by atoms with E-state index in [-0.39, 0.29) is 11.6 Å². The number of hydrogen-bond acceptors (Lipinski definition) is 4. The summed E-state index contributed by atoms with van der Waals surface area (Å²) in [6.07, 6.45) is -5.42. The number of amides is 1. The fourth-order valence-corrected chi connectivity index (χ4v) is 3.57. The third-order valence-electron chi connectivity index (χ3n) is 5.15. The number of nitrogens with zero attached hydrogens (tertiary/aromatic N) is 2. The van der Waals surface area contributed by atoms with Crippen molar-refractivity contribution in [1.82, 2.24) is 15.3 Å². The maximum absolute atomic E-state index is 13.7. The Morgan fingerprint density at radius 3 is 2.42 bits per heavy atom. The van der Waals surface area contributed by atoms with Crippen LogP contribution in [0.1, 0.15) is 34.7 Å². The summed E-state index contributed by atoms with van der Waals surface area (Å²) in [4.78, 5) is 20.7. The minimum atomic E-state index is -4.80. The molecular weight excluding hydrogens is 452 g/mol. The Bertz CT molecular complexity index is 1080. The van der Waals surface area contributed by atoms with Crippen LogP contribution in [0.15, 0.2) is 60.3 Å². The van der Waals surface area contributed by atoms with Crippen LogP contribution in [0.4, 0.5) is 26.3 Å². The molecule has 1 amide bonds. The number of pyridine rings is 2. The largest absolute Gasteiger partial charge is 0.481 e. The van der Waals surface area contributed by atoms with E-state index in [1.165, 1.54) is 32.2 Å². The summed E-state index contributed by atoms with van der Waals surface area (Å²) in [6, 6.07) is 4.79. The summed E-state index contributed by atoms with van der Waals surface area (Å²) in [5, 5.41) is 2.49. The van der Waals surface area contributed by atoms with Crippen LogP contribution in [0.3, 0.4) is 0 Å². The first-order valence-corrected chi connectivity index (χ1v) is 9.73. The molecule has 0 spiro atoms. The molecule has 0 fully saturated rings. The van der Waals surface area contributed by atoms with Crippen molar-refractivity contribution >= 4 is 5.91 Å². The number of alkyl halides is 6. The number of hydrogen-bond donors (Lipinski definition) is 1. The van der Waals surface area contributed by atoms with E-state index in [2.05, 4.69) is 15.3 Å². The molecule has 11 heteroatoms. The standard InChI is InChI=1S/C22H19F6N3O2/c1-12-11-13(21(23,24)25)8-9-14(12)18(19-15(22(26,27)28)5-4-10-29-19)31-20(32)16-6-3-7-17(30-16)33-2/h3-12,14,18H,1-2H3,(H,31,32). The van der Waals surface area contributed by atoms with Crippen molar-refractivity contribution in [2.75, 3.05) is 7.11 Å². The third-order valence-corrected chi connectivity index (χ3v) is 5.15. The van der Waals surface area contributed by atoms with Gasteiger partial charge in [-0.2, -0.15) is 26.3 Å². The Hall–Kier alpha value is -3.37. The second-order valence-electron chi connectivity index (χ2n) is 7.37. The monoisotopic (exact) mass is 471 g/mol. The molecule has 0 radical (unpaired) electrons. The Morgan fingerprint density at radius 1 is 1.09 bits per heavy atom. The van der Waals surface area contributed by atoms with Gasteiger partial charge in [0.15, 0.2) is 0 Å². The lowest BCUT2D eigenvalue weighted by Gasteiger charge is -2.32. The highest BCUT2D eigenvalue weighted by molar-refractivity contribution is 5.92. The average Bonchev–Trinajstić information content (AvgIpc) is 2.76. The van der Waals surface area contributed by atoms with Gasteiger partial charge in [0.2, 0.25) is 5.88 Å². The van der Waals surface area contributed by atoms with Gasteiger partial charge in [-0.25, -0.2) is 4.98 Å². The highest BCUT2D eigenvalue weighted by atomic mass is 19.4. The molecule has 0 bridgehead atoms. The molecule has 2 heterocycles. The molecule has 3 atom stereocenters. The summed E-state index contributed by atoms with van der Waals surface area (Å²) in [5.41, 5.74) is -2.66. The zero-order valence-electron chi connectivity index (χ0n) is 17.4. The SMILES string of the molecule is COc1cccc(C(=O)NC(c2ncccc2C(F)(F)F)C2C=CC(C(F)(F)F)=CC2C)n1. The van der Waals surface area contributed by atoms with Gasteiger partial charge in [-0.05, 0) is 24.1 Å². The lowest BCUT2D eigenvalue weighted by molar-refractivity contribution is -0.138. The molecule has 176 valence electrons. The van der Waals surface area contributed by atoms with Crippen LogP contribution in [0.25, 0.3) is 0 Å². The summed E-state index contributed by atoms with van der Waals surface area (Å²) < 4.78 is 85.4. The van der Waals surface area contributed by atoms with Gasteiger partial charge in [-0.3, -0.25) is 9.78 Å². The predicted molar refractivity (Wildman–Crippen MR) is 106 cm³/mol. The maximum atomic E-state index is 13.7. The average molecular weight is 471 g/mol. The number of halogens is 6. The molecule has 3 unspecified atom stereocenters. The number of aromatic nitrogens is 2. The van der Waals surface area contributed by atoms with Gasteiger partial charge in [0.1, 0.15) is 5.69 Å². The number of carbonyl (C=O) groups is 1. The topological polar surface area (TPSA) is 64.1 Å². The fourth-order valence-electron chi connectivity index (χ4n) is 3.57. The smallest absolute Gasteiger partial charge is 0.418 e. The lowest BCUT2D eigenvalue weighted by atomic mass is 9.79. The van der Waals surface area contributed by atoms with Crippen molar-refractivity contribution < 1.29 is 35.9 Å². The summed E-state index contributed by atoms with van der Waals surface area (Å²) in [6.45, 7) is 1.43. The van der Waals surface area contributed by atoms with E-state index in [1.54, 1.807) is 0 Å². The quantitative estimate of drug-likeness (QED) is 0.603. The molecule has 0 saturated heterocycles. The third kappa shape index (κ3) is 5.52. The first-order valence-electron chi connectivity index (χ1n) is 9.73. The van der Waals surface area contributed by atoms with E-state index in [0.717, 1.165) is 36.6 Å². The molecule has 1 aliphatic rings. The summed E-state index contributed by atoms with van der Waals surface area (Å²) >= 11 is 0. The Labute approximate surface area is 185 Å². The second-order valence-corrected chi connectivity index (χ2v) is 7.37.